The number of imide groups is 1. The monoisotopic (exact) mass is 558 g/mol. The summed E-state index contributed by atoms with van der Waals surface area (Å²) >= 11 is 3.02. The van der Waals surface area contributed by atoms with E-state index in [4.69, 9.17) is 4.74 Å². The lowest BCUT2D eigenvalue weighted by Gasteiger charge is -2.36. The topological polar surface area (TPSA) is 70.1 Å². The standard InChI is InChI=1S/C27H25BrF2N2O4/c28-18-11-22(29)25(23(30)12-18)36-15-19(33)14-31-9-7-16(8-10-31)13-32-26(34)20-5-1-3-17-4-2-6-21(24(17)20)27(32)35/h1-6,11-12,16,19,33H,7-10,13-15H2/t19-/m0/s1. The molecule has 3 aromatic rings. The molecule has 2 aliphatic rings. The lowest BCUT2D eigenvalue weighted by Crippen LogP contribution is -2.46. The molecule has 36 heavy (non-hydrogen) atoms. The van der Waals surface area contributed by atoms with Gasteiger partial charge in [0.15, 0.2) is 17.4 Å². The van der Waals surface area contributed by atoms with Crippen LogP contribution in [-0.2, 0) is 0 Å². The molecule has 6 nitrogen and oxygen atoms in total. The summed E-state index contributed by atoms with van der Waals surface area (Å²) in [5, 5.41) is 11.9. The number of amides is 2. The molecule has 0 saturated carbocycles. The van der Waals surface area contributed by atoms with Gasteiger partial charge >= 0.3 is 0 Å². The zero-order valence-corrected chi connectivity index (χ0v) is 21.0. The highest BCUT2D eigenvalue weighted by Crippen LogP contribution is 2.31. The number of likely N-dealkylation sites (tertiary alicyclic amines) is 1. The number of β-amino-alcohol motifs (C(OH)–C–C–N with tert-alkyl or cyclic N) is 1. The largest absolute Gasteiger partial charge is 0.485 e. The number of aliphatic hydroxyl groups excluding tert-OH is 1. The maximum Gasteiger partial charge on any atom is 0.261 e. The number of benzene rings is 3. The minimum atomic E-state index is -0.925. The van der Waals surface area contributed by atoms with Crippen molar-refractivity contribution in [3.63, 3.8) is 0 Å². The summed E-state index contributed by atoms with van der Waals surface area (Å²) in [6, 6.07) is 13.2. The number of piperidine rings is 1. The smallest absolute Gasteiger partial charge is 0.261 e. The van der Waals surface area contributed by atoms with Gasteiger partial charge in [-0.25, -0.2) is 8.78 Å². The third-order valence-electron chi connectivity index (χ3n) is 6.86. The van der Waals surface area contributed by atoms with Crippen molar-refractivity contribution in [1.82, 2.24) is 9.80 Å². The van der Waals surface area contributed by atoms with E-state index in [-0.39, 0.29) is 28.8 Å². The average molecular weight is 559 g/mol. The van der Waals surface area contributed by atoms with Crippen LogP contribution in [0, 0.1) is 17.6 Å². The summed E-state index contributed by atoms with van der Waals surface area (Å²) in [6.07, 6.45) is 0.588. The normalized spacial score (nSPS) is 17.6. The highest BCUT2D eigenvalue weighted by Gasteiger charge is 2.35. The molecular weight excluding hydrogens is 534 g/mol. The highest BCUT2D eigenvalue weighted by molar-refractivity contribution is 9.10. The summed E-state index contributed by atoms with van der Waals surface area (Å²) in [6.45, 7) is 1.75. The first-order chi connectivity index (χ1) is 17.3. The Balaban J connectivity index is 1.14. The Bertz CT molecular complexity index is 1250. The van der Waals surface area contributed by atoms with Gasteiger partial charge in [0.1, 0.15) is 12.7 Å². The van der Waals surface area contributed by atoms with E-state index in [1.54, 1.807) is 12.1 Å². The molecule has 188 valence electrons. The summed E-state index contributed by atoms with van der Waals surface area (Å²) in [4.78, 5) is 29.7. The van der Waals surface area contributed by atoms with E-state index >= 15 is 0 Å². The van der Waals surface area contributed by atoms with Crippen molar-refractivity contribution < 1.29 is 28.2 Å². The second-order valence-electron chi connectivity index (χ2n) is 9.34. The first-order valence-corrected chi connectivity index (χ1v) is 12.7. The van der Waals surface area contributed by atoms with Crippen LogP contribution in [0.3, 0.4) is 0 Å². The minimum absolute atomic E-state index is 0.151. The molecule has 1 saturated heterocycles. The van der Waals surface area contributed by atoms with Gasteiger partial charge in [-0.3, -0.25) is 14.5 Å². The summed E-state index contributed by atoms with van der Waals surface area (Å²) in [5.74, 6) is -2.55. The molecule has 0 aliphatic carbocycles. The van der Waals surface area contributed by atoms with Crippen LogP contribution in [0.1, 0.15) is 33.6 Å². The Labute approximate surface area is 215 Å². The zero-order valence-electron chi connectivity index (χ0n) is 19.4. The van der Waals surface area contributed by atoms with Crippen molar-refractivity contribution in [1.29, 1.82) is 0 Å². The molecule has 1 fully saturated rings. The van der Waals surface area contributed by atoms with E-state index in [9.17, 15) is 23.5 Å². The van der Waals surface area contributed by atoms with E-state index in [0.29, 0.717) is 37.3 Å². The molecule has 2 heterocycles. The molecule has 0 radical (unpaired) electrons. The van der Waals surface area contributed by atoms with Crippen molar-refractivity contribution in [2.24, 2.45) is 5.92 Å². The van der Waals surface area contributed by atoms with Crippen LogP contribution in [0.5, 0.6) is 5.75 Å². The van der Waals surface area contributed by atoms with Crippen LogP contribution in [-0.4, -0.2) is 65.6 Å². The lowest BCUT2D eigenvalue weighted by atomic mass is 9.91. The fraction of sp³-hybridized carbons (Fsp3) is 0.333. The molecule has 0 unspecified atom stereocenters. The van der Waals surface area contributed by atoms with Crippen LogP contribution >= 0.6 is 15.9 Å². The molecule has 1 atom stereocenters. The van der Waals surface area contributed by atoms with Gasteiger partial charge in [-0.15, -0.1) is 0 Å². The van der Waals surface area contributed by atoms with Gasteiger partial charge in [0.2, 0.25) is 0 Å². The number of carbonyl (C=O) groups excluding carboxylic acids is 2. The van der Waals surface area contributed by atoms with E-state index < -0.39 is 23.5 Å². The Morgan fingerprint density at radius 2 is 1.58 bits per heavy atom. The number of rotatable bonds is 7. The first kappa shape index (κ1) is 24.8. The SMILES string of the molecule is O=C1c2cccc3cccc(c23)C(=O)N1CC1CCN(C[C@H](O)COc2c(F)cc(Br)cc2F)CC1. The molecule has 0 bridgehead atoms. The molecule has 0 spiro atoms. The van der Waals surface area contributed by atoms with E-state index in [1.165, 1.54) is 4.90 Å². The summed E-state index contributed by atoms with van der Waals surface area (Å²) in [5.41, 5.74) is 1.11. The molecular formula is C27H25BrF2N2O4. The van der Waals surface area contributed by atoms with Gasteiger partial charge in [-0.2, -0.15) is 0 Å². The number of ether oxygens (including phenoxy) is 1. The number of aliphatic hydroxyl groups is 1. The number of nitrogens with zero attached hydrogens (tertiary/aromatic N) is 2. The van der Waals surface area contributed by atoms with Crippen molar-refractivity contribution in [3.05, 3.63) is 75.8 Å². The third kappa shape index (κ3) is 4.87. The Hall–Kier alpha value is -2.88. The zero-order chi connectivity index (χ0) is 25.4. The molecule has 2 aliphatic heterocycles. The quantitative estimate of drug-likeness (QED) is 0.428. The third-order valence-corrected chi connectivity index (χ3v) is 7.31. The van der Waals surface area contributed by atoms with Gasteiger partial charge < -0.3 is 14.7 Å². The Morgan fingerprint density at radius 1 is 1.00 bits per heavy atom. The molecule has 2 amide bonds. The maximum atomic E-state index is 13.9. The second kappa shape index (κ2) is 10.2. The van der Waals surface area contributed by atoms with E-state index in [1.807, 2.05) is 24.3 Å². The minimum Gasteiger partial charge on any atom is -0.485 e. The van der Waals surface area contributed by atoms with Crippen molar-refractivity contribution in [3.8, 4) is 5.75 Å². The van der Waals surface area contributed by atoms with Crippen molar-refractivity contribution in [2.45, 2.75) is 18.9 Å². The van der Waals surface area contributed by atoms with Crippen molar-refractivity contribution >= 4 is 38.5 Å². The molecule has 5 rings (SSSR count). The Morgan fingerprint density at radius 3 is 2.17 bits per heavy atom. The molecule has 0 aromatic heterocycles. The van der Waals surface area contributed by atoms with Crippen molar-refractivity contribution in [2.75, 3.05) is 32.8 Å². The van der Waals surface area contributed by atoms with Gasteiger partial charge in [0, 0.05) is 34.1 Å². The average Bonchev–Trinajstić information content (AvgIpc) is 2.85. The summed E-state index contributed by atoms with van der Waals surface area (Å²) < 4.78 is 33.3. The van der Waals surface area contributed by atoms with Gasteiger partial charge in [0.25, 0.3) is 11.8 Å². The van der Waals surface area contributed by atoms with E-state index in [2.05, 4.69) is 20.8 Å². The van der Waals surface area contributed by atoms with Crippen LogP contribution in [0.2, 0.25) is 0 Å². The predicted molar refractivity (Wildman–Crippen MR) is 134 cm³/mol. The number of hydrogen-bond donors (Lipinski definition) is 1. The highest BCUT2D eigenvalue weighted by atomic mass is 79.9. The van der Waals surface area contributed by atoms with Crippen LogP contribution in [0.25, 0.3) is 10.8 Å². The molecule has 3 aromatic carbocycles. The second-order valence-corrected chi connectivity index (χ2v) is 10.3. The van der Waals surface area contributed by atoms with Crippen LogP contribution < -0.4 is 4.74 Å². The molecule has 1 N–H and O–H groups in total. The number of halogens is 3. The van der Waals surface area contributed by atoms with Crippen LogP contribution in [0.15, 0.2) is 53.0 Å². The van der Waals surface area contributed by atoms with Gasteiger partial charge in [-0.05, 0) is 61.5 Å². The fourth-order valence-corrected chi connectivity index (χ4v) is 5.46. The number of carbonyl (C=O) groups is 2. The van der Waals surface area contributed by atoms with Gasteiger partial charge in [0.05, 0.1) is 0 Å². The Kier molecular flexibility index (Phi) is 7.05. The predicted octanol–water partition coefficient (Wildman–Crippen LogP) is 4.63. The molecule has 9 heteroatoms. The van der Waals surface area contributed by atoms with Gasteiger partial charge in [-0.1, -0.05) is 40.2 Å². The van der Waals surface area contributed by atoms with Crippen LogP contribution in [0.4, 0.5) is 8.78 Å². The lowest BCUT2D eigenvalue weighted by molar-refractivity contribution is 0.0442. The first-order valence-electron chi connectivity index (χ1n) is 11.9. The van der Waals surface area contributed by atoms with E-state index in [0.717, 1.165) is 35.7 Å². The fourth-order valence-electron chi connectivity index (χ4n) is 5.05. The maximum absolute atomic E-state index is 13.9. The number of hydrogen-bond acceptors (Lipinski definition) is 5. The summed E-state index contributed by atoms with van der Waals surface area (Å²) in [7, 11) is 0.